The van der Waals surface area contributed by atoms with Gasteiger partial charge in [0.2, 0.25) is 11.8 Å². The number of nitrogen functional groups attached to an aromatic ring is 1. The average molecular weight is 768 g/mol. The van der Waals surface area contributed by atoms with E-state index in [-0.39, 0.29) is 41.2 Å². The number of hydrogen-bond donors (Lipinski definition) is 2. The number of benzene rings is 1. The Morgan fingerprint density at radius 3 is 2.24 bits per heavy atom. The number of thiophene rings is 1. The van der Waals surface area contributed by atoms with Gasteiger partial charge >= 0.3 is 12.2 Å². The van der Waals surface area contributed by atoms with E-state index in [4.69, 9.17) is 5.73 Å². The lowest BCUT2D eigenvalue weighted by Crippen LogP contribution is -2.50. The number of amides is 4. The molecule has 0 radical (unpaired) electrons. The number of anilines is 2. The third-order valence-electron chi connectivity index (χ3n) is 11.2. The third-order valence-corrected chi connectivity index (χ3v) is 12.6. The number of alkyl halides is 3. The van der Waals surface area contributed by atoms with Crippen LogP contribution in [0.3, 0.4) is 0 Å². The Morgan fingerprint density at radius 1 is 0.959 bits per heavy atom. The number of urea groups is 1. The number of piperidine rings is 3. The molecule has 3 N–H and O–H groups in total. The van der Waals surface area contributed by atoms with Gasteiger partial charge in [0.25, 0.3) is 0 Å². The molecule has 4 aliphatic heterocycles. The van der Waals surface area contributed by atoms with Crippen LogP contribution < -0.4 is 11.1 Å². The summed E-state index contributed by atoms with van der Waals surface area (Å²) in [6, 6.07) is 2.40. The largest absolute Gasteiger partial charge is 0.418 e. The number of likely N-dealkylation sites (tertiary alicyclic amines) is 3. The van der Waals surface area contributed by atoms with Crippen LogP contribution in [0.1, 0.15) is 61.6 Å². The fourth-order valence-corrected chi connectivity index (χ4v) is 9.51. The minimum atomic E-state index is -4.66. The molecule has 1 aromatic carbocycles. The molecule has 0 bridgehead atoms. The first-order valence-corrected chi connectivity index (χ1v) is 19.1. The maximum absolute atomic E-state index is 14.1. The van der Waals surface area contributed by atoms with Crippen molar-refractivity contribution in [3.8, 4) is 0 Å². The summed E-state index contributed by atoms with van der Waals surface area (Å²) in [5, 5.41) is 7.01. The Balaban J connectivity index is 1.12. The summed E-state index contributed by atoms with van der Waals surface area (Å²) >= 11 is 4.75. The quantitative estimate of drug-likeness (QED) is 0.322. The smallest absolute Gasteiger partial charge is 0.397 e. The molecule has 14 heteroatoms. The molecule has 2 aromatic rings. The van der Waals surface area contributed by atoms with Gasteiger partial charge in [-0.15, -0.1) is 11.3 Å². The van der Waals surface area contributed by atoms with Gasteiger partial charge in [0.05, 0.1) is 22.9 Å². The first-order chi connectivity index (χ1) is 23.4. The van der Waals surface area contributed by atoms with Gasteiger partial charge in [-0.1, -0.05) is 0 Å². The van der Waals surface area contributed by atoms with Crippen LogP contribution in [0.25, 0.3) is 0 Å². The monoisotopic (exact) mass is 766 g/mol. The number of rotatable bonds is 7. The molecule has 4 amide bonds. The minimum absolute atomic E-state index is 0.00414. The van der Waals surface area contributed by atoms with Crippen LogP contribution in [-0.4, -0.2) is 96.3 Å². The number of nitrogens with two attached hydrogens (primary N) is 1. The fraction of sp³-hybridized carbons (Fsp3) is 0.629. The standard InChI is InChI=1S/C35H46BrF3N6O3S/c1-42-9-2-23(3-10-42)24-4-11-44(12-5-24)33(47)26(16-22-17-28(35(37,38)39)32(40)29(36)18-22)19-31(46)43-13-7-27(8-14-43)45-15-6-25-20-49-21-30(25)41-34(45)48/h17-18,20-21,23-24,26-27H,2-16,19,40H2,1H3,(H,41,48)/t26-/m0/s1. The van der Waals surface area contributed by atoms with Gasteiger partial charge in [-0.2, -0.15) is 13.2 Å². The van der Waals surface area contributed by atoms with Crippen molar-refractivity contribution in [2.24, 2.45) is 17.8 Å². The van der Waals surface area contributed by atoms with Crippen molar-refractivity contribution in [3.05, 3.63) is 44.1 Å². The zero-order valence-electron chi connectivity index (χ0n) is 27.9. The molecule has 1 aromatic heterocycles. The number of carbonyl (C=O) groups is 3. The molecule has 0 aliphatic carbocycles. The van der Waals surface area contributed by atoms with Gasteiger partial charge in [-0.05, 0) is 128 Å². The Kier molecular flexibility index (Phi) is 11.1. The molecule has 3 fully saturated rings. The third kappa shape index (κ3) is 8.39. The van der Waals surface area contributed by atoms with E-state index in [0.29, 0.717) is 63.0 Å². The molecule has 0 unspecified atom stereocenters. The number of carbonyl (C=O) groups excluding carboxylic acids is 3. The van der Waals surface area contributed by atoms with Crippen LogP contribution in [0.5, 0.6) is 0 Å². The number of hydrogen-bond acceptors (Lipinski definition) is 6. The summed E-state index contributed by atoms with van der Waals surface area (Å²) in [5.41, 5.74) is 6.71. The SMILES string of the molecule is CN1CCC(C2CCN(C(=O)[C@H](CC(=O)N3CCC(N4CCc5cscc5NC4=O)CC3)Cc3cc(Br)c(N)c(C(F)(F)F)c3)CC2)CC1. The van der Waals surface area contributed by atoms with Crippen molar-refractivity contribution in [2.45, 2.75) is 70.0 Å². The van der Waals surface area contributed by atoms with Gasteiger partial charge in [-0.25, -0.2) is 4.79 Å². The molecular weight excluding hydrogens is 721 g/mol. The van der Waals surface area contributed by atoms with E-state index in [1.807, 2.05) is 15.2 Å². The lowest BCUT2D eigenvalue weighted by atomic mass is 9.78. The first-order valence-electron chi connectivity index (χ1n) is 17.4. The van der Waals surface area contributed by atoms with Crippen LogP contribution in [-0.2, 0) is 28.6 Å². The van der Waals surface area contributed by atoms with E-state index in [1.165, 1.54) is 6.07 Å². The van der Waals surface area contributed by atoms with Crippen molar-refractivity contribution in [3.63, 3.8) is 0 Å². The minimum Gasteiger partial charge on any atom is -0.397 e. The van der Waals surface area contributed by atoms with Crippen LogP contribution >= 0.6 is 27.3 Å². The molecule has 0 spiro atoms. The number of halogens is 4. The normalized spacial score (nSPS) is 21.3. The zero-order valence-corrected chi connectivity index (χ0v) is 30.3. The summed E-state index contributed by atoms with van der Waals surface area (Å²) in [4.78, 5) is 48.7. The second kappa shape index (κ2) is 15.2. The van der Waals surface area contributed by atoms with E-state index in [1.54, 1.807) is 16.2 Å². The highest BCUT2D eigenvalue weighted by Crippen LogP contribution is 2.39. The summed E-state index contributed by atoms with van der Waals surface area (Å²) in [6.45, 7) is 4.86. The van der Waals surface area contributed by atoms with E-state index in [2.05, 4.69) is 38.6 Å². The van der Waals surface area contributed by atoms with Gasteiger partial charge < -0.3 is 30.7 Å². The molecule has 1 atom stereocenters. The second-order valence-electron chi connectivity index (χ2n) is 14.2. The summed E-state index contributed by atoms with van der Waals surface area (Å²) in [7, 11) is 2.15. The number of fused-ring (bicyclic) bond motifs is 1. The molecular formula is C35H46BrF3N6O3S. The van der Waals surface area contributed by atoms with Gasteiger partial charge in [-0.3, -0.25) is 9.59 Å². The molecule has 9 nitrogen and oxygen atoms in total. The lowest BCUT2D eigenvalue weighted by Gasteiger charge is -2.40. The van der Waals surface area contributed by atoms with Crippen LogP contribution in [0, 0.1) is 17.8 Å². The van der Waals surface area contributed by atoms with E-state index < -0.39 is 23.3 Å². The molecule has 268 valence electrons. The summed E-state index contributed by atoms with van der Waals surface area (Å²) in [6.07, 6.45) is 1.38. The van der Waals surface area contributed by atoms with Gasteiger partial charge in [0, 0.05) is 55.0 Å². The maximum Gasteiger partial charge on any atom is 0.418 e. The summed E-state index contributed by atoms with van der Waals surface area (Å²) in [5.74, 6) is 0.0254. The molecule has 49 heavy (non-hydrogen) atoms. The van der Waals surface area contributed by atoms with Crippen LogP contribution in [0.2, 0.25) is 0 Å². The van der Waals surface area contributed by atoms with Crippen LogP contribution in [0.15, 0.2) is 27.4 Å². The van der Waals surface area contributed by atoms with Crippen molar-refractivity contribution >= 4 is 56.5 Å². The number of nitrogens with zero attached hydrogens (tertiary/aromatic N) is 4. The Morgan fingerprint density at radius 2 is 1.59 bits per heavy atom. The summed E-state index contributed by atoms with van der Waals surface area (Å²) < 4.78 is 41.7. The topological polar surface area (TPSA) is 102 Å². The van der Waals surface area contributed by atoms with Crippen molar-refractivity contribution in [1.29, 1.82) is 0 Å². The maximum atomic E-state index is 14.1. The average Bonchev–Trinajstić information content (AvgIpc) is 3.45. The Labute approximate surface area is 298 Å². The molecule has 6 rings (SSSR count). The molecule has 3 saturated heterocycles. The Hall–Kier alpha value is -2.84. The van der Waals surface area contributed by atoms with E-state index in [9.17, 15) is 27.6 Å². The second-order valence-corrected chi connectivity index (χ2v) is 15.8. The zero-order chi connectivity index (χ0) is 34.9. The highest BCUT2D eigenvalue weighted by Gasteiger charge is 2.38. The predicted octanol–water partition coefficient (Wildman–Crippen LogP) is 6.32. The highest BCUT2D eigenvalue weighted by atomic mass is 79.9. The van der Waals surface area contributed by atoms with Gasteiger partial charge in [0.1, 0.15) is 0 Å². The van der Waals surface area contributed by atoms with Crippen LogP contribution in [0.4, 0.5) is 29.3 Å². The van der Waals surface area contributed by atoms with Crippen molar-refractivity contribution < 1.29 is 27.6 Å². The number of nitrogens with one attached hydrogen (secondary N) is 1. The predicted molar refractivity (Wildman–Crippen MR) is 188 cm³/mol. The van der Waals surface area contributed by atoms with Gasteiger partial charge in [0.15, 0.2) is 0 Å². The lowest BCUT2D eigenvalue weighted by molar-refractivity contribution is -0.143. The van der Waals surface area contributed by atoms with E-state index >= 15 is 0 Å². The highest BCUT2D eigenvalue weighted by molar-refractivity contribution is 9.10. The fourth-order valence-electron chi connectivity index (χ4n) is 8.18. The van der Waals surface area contributed by atoms with E-state index in [0.717, 1.165) is 62.5 Å². The molecule has 0 saturated carbocycles. The van der Waals surface area contributed by atoms with Crippen molar-refractivity contribution in [1.82, 2.24) is 19.6 Å². The molecule has 4 aliphatic rings. The first kappa shape index (κ1) is 36.0. The Bertz CT molecular complexity index is 1510. The van der Waals surface area contributed by atoms with Crippen molar-refractivity contribution in [2.75, 3.05) is 63.9 Å². The molecule has 5 heterocycles.